The number of amides is 2. The van der Waals surface area contributed by atoms with Crippen LogP contribution >= 0.6 is 0 Å². The molecule has 2 amide bonds. The summed E-state index contributed by atoms with van der Waals surface area (Å²) in [6, 6.07) is 22.4. The molecule has 1 unspecified atom stereocenters. The molecular formula is C25H26N2O2. The number of hydrogen-bond acceptors (Lipinski definition) is 2. The third-order valence-corrected chi connectivity index (χ3v) is 5.61. The van der Waals surface area contributed by atoms with Crippen LogP contribution in [0, 0.1) is 13.8 Å². The van der Waals surface area contributed by atoms with Crippen LogP contribution in [-0.4, -0.2) is 24.6 Å². The maximum atomic E-state index is 13.3. The van der Waals surface area contributed by atoms with Gasteiger partial charge in [-0.3, -0.25) is 0 Å². The van der Waals surface area contributed by atoms with Crippen LogP contribution in [0.25, 0.3) is 0 Å². The molecule has 4 rings (SSSR count). The molecule has 29 heavy (non-hydrogen) atoms. The van der Waals surface area contributed by atoms with Crippen molar-refractivity contribution in [2.75, 3.05) is 19.0 Å². The van der Waals surface area contributed by atoms with E-state index in [9.17, 15) is 4.79 Å². The highest BCUT2D eigenvalue weighted by molar-refractivity contribution is 5.91. The van der Waals surface area contributed by atoms with Crippen molar-refractivity contribution in [2.45, 2.75) is 26.3 Å². The van der Waals surface area contributed by atoms with Crippen LogP contribution in [-0.2, 0) is 6.42 Å². The second-order valence-corrected chi connectivity index (χ2v) is 7.57. The maximum absolute atomic E-state index is 13.3. The molecule has 1 N–H and O–H groups in total. The lowest BCUT2D eigenvalue weighted by Gasteiger charge is -2.38. The average molecular weight is 386 g/mol. The van der Waals surface area contributed by atoms with Crippen molar-refractivity contribution in [1.82, 2.24) is 4.90 Å². The summed E-state index contributed by atoms with van der Waals surface area (Å²) in [4.78, 5) is 15.3. The fourth-order valence-corrected chi connectivity index (χ4v) is 3.98. The number of carbonyl (C=O) groups is 1. The number of fused-ring (bicyclic) bond motifs is 1. The zero-order valence-electron chi connectivity index (χ0n) is 17.1. The molecule has 0 fully saturated rings. The summed E-state index contributed by atoms with van der Waals surface area (Å²) in [6.45, 7) is 4.73. The number of hydrogen-bond donors (Lipinski definition) is 1. The Labute approximate surface area is 172 Å². The zero-order valence-corrected chi connectivity index (χ0v) is 17.1. The lowest BCUT2D eigenvalue weighted by molar-refractivity contribution is 0.194. The van der Waals surface area contributed by atoms with Crippen molar-refractivity contribution >= 4 is 11.7 Å². The van der Waals surface area contributed by atoms with E-state index in [-0.39, 0.29) is 12.1 Å². The third-order valence-electron chi connectivity index (χ3n) is 5.61. The number of carbonyl (C=O) groups excluding carboxylic acids is 1. The first-order valence-corrected chi connectivity index (χ1v) is 9.93. The summed E-state index contributed by atoms with van der Waals surface area (Å²) in [5.74, 6) is 0.782. The summed E-state index contributed by atoms with van der Waals surface area (Å²) >= 11 is 0. The molecule has 1 heterocycles. The largest absolute Gasteiger partial charge is 0.497 e. The Morgan fingerprint density at radius 2 is 1.79 bits per heavy atom. The topological polar surface area (TPSA) is 41.6 Å². The van der Waals surface area contributed by atoms with Crippen molar-refractivity contribution < 1.29 is 9.53 Å². The molecule has 0 radical (unpaired) electrons. The minimum atomic E-state index is -0.0981. The van der Waals surface area contributed by atoms with Gasteiger partial charge in [0.15, 0.2) is 0 Å². The van der Waals surface area contributed by atoms with E-state index in [2.05, 4.69) is 60.8 Å². The Morgan fingerprint density at radius 1 is 1.03 bits per heavy atom. The Bertz CT molecular complexity index is 1030. The first-order chi connectivity index (χ1) is 14.1. The average Bonchev–Trinajstić information content (AvgIpc) is 2.75. The molecule has 4 heteroatoms. The Morgan fingerprint density at radius 3 is 2.52 bits per heavy atom. The molecule has 0 saturated heterocycles. The van der Waals surface area contributed by atoms with E-state index >= 15 is 0 Å². The van der Waals surface area contributed by atoms with Crippen molar-refractivity contribution in [3.8, 4) is 5.75 Å². The van der Waals surface area contributed by atoms with Crippen LogP contribution < -0.4 is 10.1 Å². The molecule has 4 nitrogen and oxygen atoms in total. The lowest BCUT2D eigenvalue weighted by atomic mass is 9.88. The number of ether oxygens (including phenoxy) is 1. The number of rotatable bonds is 3. The number of benzene rings is 3. The molecule has 1 aliphatic rings. The van der Waals surface area contributed by atoms with Crippen molar-refractivity contribution in [3.05, 3.63) is 94.5 Å². The smallest absolute Gasteiger partial charge is 0.322 e. The fraction of sp³-hybridized carbons (Fsp3) is 0.240. The number of aryl methyl sites for hydroxylation is 2. The van der Waals surface area contributed by atoms with Gasteiger partial charge in [-0.1, -0.05) is 54.1 Å². The molecule has 3 aromatic carbocycles. The van der Waals surface area contributed by atoms with Crippen LogP contribution in [0.2, 0.25) is 0 Å². The first-order valence-electron chi connectivity index (χ1n) is 9.93. The van der Waals surface area contributed by atoms with E-state index in [0.29, 0.717) is 6.54 Å². The van der Waals surface area contributed by atoms with Gasteiger partial charge in [-0.05, 0) is 60.7 Å². The normalized spacial score (nSPS) is 15.6. The molecule has 0 aromatic heterocycles. The number of methoxy groups -OCH3 is 1. The van der Waals surface area contributed by atoms with Gasteiger partial charge in [0.25, 0.3) is 0 Å². The third kappa shape index (κ3) is 3.83. The van der Waals surface area contributed by atoms with Crippen molar-refractivity contribution in [1.29, 1.82) is 0 Å². The van der Waals surface area contributed by atoms with E-state index in [1.165, 1.54) is 16.7 Å². The molecule has 148 valence electrons. The van der Waals surface area contributed by atoms with E-state index in [1.807, 2.05) is 30.0 Å². The zero-order chi connectivity index (χ0) is 20.4. The van der Waals surface area contributed by atoms with E-state index in [0.717, 1.165) is 29.0 Å². The second kappa shape index (κ2) is 8.00. The number of urea groups is 1. The van der Waals surface area contributed by atoms with E-state index in [4.69, 9.17) is 4.74 Å². The highest BCUT2D eigenvalue weighted by Gasteiger charge is 2.32. The van der Waals surface area contributed by atoms with Crippen molar-refractivity contribution in [2.24, 2.45) is 0 Å². The molecule has 3 aromatic rings. The Kier molecular flexibility index (Phi) is 5.26. The van der Waals surface area contributed by atoms with Gasteiger partial charge in [-0.25, -0.2) is 4.79 Å². The quantitative estimate of drug-likeness (QED) is 0.646. The summed E-state index contributed by atoms with van der Waals surface area (Å²) in [6.07, 6.45) is 0.855. The fourth-order valence-electron chi connectivity index (χ4n) is 3.98. The van der Waals surface area contributed by atoms with E-state index < -0.39 is 0 Å². The molecule has 0 spiro atoms. The minimum absolute atomic E-state index is 0.0849. The van der Waals surface area contributed by atoms with Gasteiger partial charge in [0.2, 0.25) is 0 Å². The highest BCUT2D eigenvalue weighted by Crippen LogP contribution is 2.36. The standard InChI is InChI=1S/C25H26N2O2/c1-17-8-10-20(11-9-17)24-22-7-5-4-6-19(22)14-15-27(24)25(28)26-23-13-12-21(29-3)16-18(23)2/h4-13,16,24H,14-15H2,1-3H3,(H,26,28). The minimum Gasteiger partial charge on any atom is -0.497 e. The highest BCUT2D eigenvalue weighted by atomic mass is 16.5. The summed E-state index contributed by atoms with van der Waals surface area (Å²) in [5, 5.41) is 3.10. The molecule has 0 saturated carbocycles. The predicted molar refractivity (Wildman–Crippen MR) is 117 cm³/mol. The van der Waals surface area contributed by atoms with Crippen LogP contribution in [0.15, 0.2) is 66.7 Å². The predicted octanol–water partition coefficient (Wildman–Crippen LogP) is 5.49. The molecule has 1 atom stereocenters. The van der Waals surface area contributed by atoms with Gasteiger partial charge in [-0.15, -0.1) is 0 Å². The number of anilines is 1. The summed E-state index contributed by atoms with van der Waals surface area (Å²) < 4.78 is 5.27. The Hall–Kier alpha value is -3.27. The van der Waals surface area contributed by atoms with Gasteiger partial charge in [-0.2, -0.15) is 0 Å². The van der Waals surface area contributed by atoms with E-state index in [1.54, 1.807) is 7.11 Å². The van der Waals surface area contributed by atoms with Gasteiger partial charge in [0.05, 0.1) is 13.2 Å². The van der Waals surface area contributed by atoms with Crippen LogP contribution in [0.1, 0.15) is 33.9 Å². The van der Waals surface area contributed by atoms with Gasteiger partial charge in [0.1, 0.15) is 5.75 Å². The molecule has 1 aliphatic heterocycles. The first kappa shape index (κ1) is 19.1. The lowest BCUT2D eigenvalue weighted by Crippen LogP contribution is -2.43. The van der Waals surface area contributed by atoms with Crippen LogP contribution in [0.4, 0.5) is 10.5 Å². The molecule has 0 bridgehead atoms. The molecular weight excluding hydrogens is 360 g/mol. The SMILES string of the molecule is COc1ccc(NC(=O)N2CCc3ccccc3C2c2ccc(C)cc2)c(C)c1. The monoisotopic (exact) mass is 386 g/mol. The van der Waals surface area contributed by atoms with Gasteiger partial charge < -0.3 is 15.0 Å². The van der Waals surface area contributed by atoms with Crippen molar-refractivity contribution in [3.63, 3.8) is 0 Å². The van der Waals surface area contributed by atoms with Gasteiger partial charge >= 0.3 is 6.03 Å². The second-order valence-electron chi connectivity index (χ2n) is 7.57. The van der Waals surface area contributed by atoms with Crippen LogP contribution in [0.3, 0.4) is 0 Å². The summed E-state index contributed by atoms with van der Waals surface area (Å²) in [7, 11) is 1.64. The number of nitrogens with one attached hydrogen (secondary N) is 1. The Balaban J connectivity index is 1.67. The number of nitrogens with zero attached hydrogens (tertiary/aromatic N) is 1. The maximum Gasteiger partial charge on any atom is 0.322 e. The summed E-state index contributed by atoms with van der Waals surface area (Å²) in [5.41, 5.74) is 6.62. The van der Waals surface area contributed by atoms with Gasteiger partial charge in [0, 0.05) is 12.2 Å². The molecule has 0 aliphatic carbocycles. The van der Waals surface area contributed by atoms with Crippen LogP contribution in [0.5, 0.6) is 5.75 Å².